The number of para-hydroxylation sites is 1. The Bertz CT molecular complexity index is 990. The lowest BCUT2D eigenvalue weighted by molar-refractivity contribution is -0.129. The van der Waals surface area contributed by atoms with E-state index in [1.807, 2.05) is 31.2 Å². The summed E-state index contributed by atoms with van der Waals surface area (Å²) in [4.78, 5) is 32.1. The van der Waals surface area contributed by atoms with Gasteiger partial charge in [-0.1, -0.05) is 30.0 Å². The van der Waals surface area contributed by atoms with E-state index in [1.165, 1.54) is 36.0 Å². The molecule has 2 saturated heterocycles. The summed E-state index contributed by atoms with van der Waals surface area (Å²) in [6, 6.07) is 13.3. The number of nitrogens with one attached hydrogen (secondary N) is 1. The van der Waals surface area contributed by atoms with Crippen molar-refractivity contribution in [2.45, 2.75) is 37.5 Å². The maximum atomic E-state index is 13.2. The van der Waals surface area contributed by atoms with E-state index in [4.69, 9.17) is 9.73 Å². The van der Waals surface area contributed by atoms with Gasteiger partial charge in [0, 0.05) is 18.7 Å². The summed E-state index contributed by atoms with van der Waals surface area (Å²) in [7, 11) is 0. The highest BCUT2D eigenvalue weighted by Gasteiger charge is 2.40. The molecule has 0 bridgehead atoms. The molecule has 0 unspecified atom stereocenters. The van der Waals surface area contributed by atoms with Crippen molar-refractivity contribution < 1.29 is 18.7 Å². The lowest BCUT2D eigenvalue weighted by Crippen LogP contribution is -2.38. The SMILES string of the molecule is Cc1ccccc1N=C1S[C@H](CC(=O)Nc2ccc(F)cc2)C(=O)N1C[C@H]1CCCO1. The van der Waals surface area contributed by atoms with E-state index in [9.17, 15) is 14.0 Å². The third kappa shape index (κ3) is 5.32. The van der Waals surface area contributed by atoms with E-state index < -0.39 is 5.25 Å². The first kappa shape index (κ1) is 21.5. The molecule has 0 aromatic heterocycles. The number of thioether (sulfide) groups is 1. The maximum Gasteiger partial charge on any atom is 0.242 e. The summed E-state index contributed by atoms with van der Waals surface area (Å²) in [5.74, 6) is -0.810. The molecule has 8 heteroatoms. The summed E-state index contributed by atoms with van der Waals surface area (Å²) in [6.07, 6.45) is 1.88. The fourth-order valence-corrected chi connectivity index (χ4v) is 4.75. The van der Waals surface area contributed by atoms with Crippen LogP contribution in [0.1, 0.15) is 24.8 Å². The number of rotatable bonds is 6. The molecule has 2 fully saturated rings. The van der Waals surface area contributed by atoms with Crippen molar-refractivity contribution in [2.24, 2.45) is 4.99 Å². The number of amidine groups is 1. The predicted octanol–water partition coefficient (Wildman–Crippen LogP) is 4.27. The number of ether oxygens (including phenoxy) is 1. The third-order valence-corrected chi connectivity index (χ3v) is 6.44. The van der Waals surface area contributed by atoms with Gasteiger partial charge in [0.05, 0.1) is 18.3 Å². The van der Waals surface area contributed by atoms with E-state index in [-0.39, 0.29) is 30.2 Å². The monoisotopic (exact) mass is 441 g/mol. The van der Waals surface area contributed by atoms with Crippen LogP contribution in [-0.4, -0.2) is 46.4 Å². The second-order valence-electron chi connectivity index (χ2n) is 7.63. The number of aliphatic imine (C=N–C) groups is 1. The normalized spacial score (nSPS) is 22.3. The van der Waals surface area contributed by atoms with Crippen molar-refractivity contribution in [1.29, 1.82) is 0 Å². The van der Waals surface area contributed by atoms with Crippen molar-refractivity contribution in [3.63, 3.8) is 0 Å². The lowest BCUT2D eigenvalue weighted by Gasteiger charge is -2.20. The number of carbonyl (C=O) groups is 2. The highest BCUT2D eigenvalue weighted by atomic mass is 32.2. The molecular formula is C23H24FN3O3S. The van der Waals surface area contributed by atoms with Gasteiger partial charge in [0.2, 0.25) is 11.8 Å². The minimum Gasteiger partial charge on any atom is -0.376 e. The quantitative estimate of drug-likeness (QED) is 0.727. The Morgan fingerprint density at radius 1 is 1.26 bits per heavy atom. The van der Waals surface area contributed by atoms with Crippen LogP contribution in [0.15, 0.2) is 53.5 Å². The Balaban J connectivity index is 1.50. The zero-order valence-corrected chi connectivity index (χ0v) is 18.0. The van der Waals surface area contributed by atoms with Crippen molar-refractivity contribution in [2.75, 3.05) is 18.5 Å². The van der Waals surface area contributed by atoms with Crippen LogP contribution in [0.25, 0.3) is 0 Å². The Hall–Kier alpha value is -2.71. The van der Waals surface area contributed by atoms with Crippen molar-refractivity contribution in [1.82, 2.24) is 4.90 Å². The maximum absolute atomic E-state index is 13.2. The van der Waals surface area contributed by atoms with Gasteiger partial charge in [0.15, 0.2) is 5.17 Å². The zero-order chi connectivity index (χ0) is 21.8. The topological polar surface area (TPSA) is 71.0 Å². The Kier molecular flexibility index (Phi) is 6.67. The molecule has 0 saturated carbocycles. The van der Waals surface area contributed by atoms with Gasteiger partial charge in [-0.25, -0.2) is 9.38 Å². The molecule has 0 spiro atoms. The van der Waals surface area contributed by atoms with Gasteiger partial charge in [-0.05, 0) is 55.7 Å². The fraction of sp³-hybridized carbons (Fsp3) is 0.348. The molecule has 2 aliphatic rings. The van der Waals surface area contributed by atoms with Crippen LogP contribution in [-0.2, 0) is 14.3 Å². The first-order valence-corrected chi connectivity index (χ1v) is 11.2. The molecule has 6 nitrogen and oxygen atoms in total. The molecule has 162 valence electrons. The Morgan fingerprint density at radius 3 is 2.74 bits per heavy atom. The molecule has 31 heavy (non-hydrogen) atoms. The number of aryl methyl sites for hydroxylation is 1. The van der Waals surface area contributed by atoms with Crippen LogP contribution in [0.5, 0.6) is 0 Å². The number of hydrogen-bond donors (Lipinski definition) is 1. The van der Waals surface area contributed by atoms with Gasteiger partial charge in [0.1, 0.15) is 11.1 Å². The molecule has 2 aliphatic heterocycles. The second-order valence-corrected chi connectivity index (χ2v) is 8.80. The average molecular weight is 442 g/mol. The molecule has 0 radical (unpaired) electrons. The first-order valence-electron chi connectivity index (χ1n) is 10.3. The van der Waals surface area contributed by atoms with Gasteiger partial charge in [-0.15, -0.1) is 0 Å². The molecular weight excluding hydrogens is 417 g/mol. The summed E-state index contributed by atoms with van der Waals surface area (Å²) in [5.41, 5.74) is 2.30. The molecule has 0 aliphatic carbocycles. The van der Waals surface area contributed by atoms with E-state index in [0.717, 1.165) is 24.1 Å². The Morgan fingerprint density at radius 2 is 2.03 bits per heavy atom. The van der Waals surface area contributed by atoms with Gasteiger partial charge in [-0.2, -0.15) is 0 Å². The molecule has 2 heterocycles. The number of nitrogens with zero attached hydrogens (tertiary/aromatic N) is 2. The minimum atomic E-state index is -0.565. The summed E-state index contributed by atoms with van der Waals surface area (Å²) >= 11 is 1.31. The van der Waals surface area contributed by atoms with Crippen LogP contribution < -0.4 is 5.32 Å². The number of hydrogen-bond acceptors (Lipinski definition) is 5. The highest BCUT2D eigenvalue weighted by molar-refractivity contribution is 8.15. The average Bonchev–Trinajstić information content (AvgIpc) is 3.36. The molecule has 4 rings (SSSR count). The molecule has 2 atom stereocenters. The summed E-state index contributed by atoms with van der Waals surface area (Å²) in [5, 5.41) is 2.75. The first-order chi connectivity index (χ1) is 15.0. The van der Waals surface area contributed by atoms with Crippen molar-refractivity contribution in [3.8, 4) is 0 Å². The number of halogens is 1. The van der Waals surface area contributed by atoms with E-state index in [1.54, 1.807) is 4.90 Å². The van der Waals surface area contributed by atoms with Crippen molar-refractivity contribution in [3.05, 3.63) is 59.9 Å². The van der Waals surface area contributed by atoms with Gasteiger partial charge in [0.25, 0.3) is 0 Å². The lowest BCUT2D eigenvalue weighted by atomic mass is 10.2. The number of amides is 2. The largest absolute Gasteiger partial charge is 0.376 e. The standard InChI is InChI=1S/C23H24FN3O3S/c1-15-5-2-3-7-19(15)26-23-27(14-18-6-4-12-30-18)22(29)20(31-23)13-21(28)25-17-10-8-16(24)9-11-17/h2-3,5,7-11,18,20H,4,6,12-14H2,1H3,(H,25,28)/t18-,20-/m1/s1. The zero-order valence-electron chi connectivity index (χ0n) is 17.2. The van der Waals surface area contributed by atoms with Gasteiger partial charge in [-0.3, -0.25) is 14.5 Å². The molecule has 1 N–H and O–H groups in total. The van der Waals surface area contributed by atoms with Crippen LogP contribution in [0.3, 0.4) is 0 Å². The number of anilines is 1. The smallest absolute Gasteiger partial charge is 0.242 e. The predicted molar refractivity (Wildman–Crippen MR) is 120 cm³/mol. The Labute approximate surface area is 184 Å². The van der Waals surface area contributed by atoms with Crippen LogP contribution in [0, 0.1) is 12.7 Å². The van der Waals surface area contributed by atoms with E-state index in [2.05, 4.69) is 5.32 Å². The van der Waals surface area contributed by atoms with Crippen molar-refractivity contribution >= 4 is 40.1 Å². The van der Waals surface area contributed by atoms with E-state index >= 15 is 0 Å². The van der Waals surface area contributed by atoms with E-state index in [0.29, 0.717) is 24.0 Å². The van der Waals surface area contributed by atoms with Gasteiger partial charge >= 0.3 is 0 Å². The third-order valence-electron chi connectivity index (χ3n) is 5.26. The van der Waals surface area contributed by atoms with Gasteiger partial charge < -0.3 is 10.1 Å². The van der Waals surface area contributed by atoms with Crippen LogP contribution >= 0.6 is 11.8 Å². The van der Waals surface area contributed by atoms with Crippen LogP contribution in [0.4, 0.5) is 15.8 Å². The summed E-state index contributed by atoms with van der Waals surface area (Å²) in [6.45, 7) is 3.11. The second kappa shape index (κ2) is 9.62. The number of benzene rings is 2. The minimum absolute atomic E-state index is 0.00962. The number of carbonyl (C=O) groups excluding carboxylic acids is 2. The molecule has 2 aromatic rings. The highest BCUT2D eigenvalue weighted by Crippen LogP contribution is 2.33. The fourth-order valence-electron chi connectivity index (χ4n) is 3.59. The molecule has 2 amide bonds. The summed E-state index contributed by atoms with van der Waals surface area (Å²) < 4.78 is 18.8. The molecule has 2 aromatic carbocycles. The van der Waals surface area contributed by atoms with Crippen LogP contribution in [0.2, 0.25) is 0 Å².